The summed E-state index contributed by atoms with van der Waals surface area (Å²) in [5.41, 5.74) is 1.71. The Labute approximate surface area is 158 Å². The van der Waals surface area contributed by atoms with Gasteiger partial charge < -0.3 is 15.5 Å². The fourth-order valence-electron chi connectivity index (χ4n) is 3.83. The van der Waals surface area contributed by atoms with Crippen molar-refractivity contribution in [3.8, 4) is 0 Å². The van der Waals surface area contributed by atoms with Gasteiger partial charge in [0.15, 0.2) is 9.84 Å². The Morgan fingerprint density at radius 3 is 2.70 bits per heavy atom. The Bertz CT molecular complexity index is 846. The molecule has 3 aliphatic rings. The third kappa shape index (κ3) is 4.10. The van der Waals surface area contributed by atoms with Crippen LogP contribution in [0.2, 0.25) is 0 Å². The van der Waals surface area contributed by atoms with Gasteiger partial charge in [0.05, 0.1) is 42.5 Å². The molecule has 1 aromatic heterocycles. The topological polar surface area (TPSA) is 113 Å². The Hall–Kier alpha value is -2.10. The van der Waals surface area contributed by atoms with Crippen LogP contribution in [0.4, 0.5) is 4.79 Å². The summed E-state index contributed by atoms with van der Waals surface area (Å²) in [5.74, 6) is 0.578. The van der Waals surface area contributed by atoms with Crippen molar-refractivity contribution in [2.75, 3.05) is 18.1 Å². The Kier molecular flexibility index (Phi) is 4.83. The normalized spacial score (nSPS) is 24.1. The van der Waals surface area contributed by atoms with E-state index in [2.05, 4.69) is 15.7 Å². The molecular weight excluding hydrogens is 370 g/mol. The second-order valence-electron chi connectivity index (χ2n) is 7.66. The second-order valence-corrected chi connectivity index (χ2v) is 9.89. The molecule has 148 valence electrons. The minimum atomic E-state index is -3.02. The third-order valence-electron chi connectivity index (χ3n) is 5.61. The zero-order valence-electron chi connectivity index (χ0n) is 15.2. The quantitative estimate of drug-likeness (QED) is 0.746. The fourth-order valence-corrected chi connectivity index (χ4v) is 5.50. The van der Waals surface area contributed by atoms with E-state index in [0.717, 1.165) is 30.7 Å². The predicted octanol–water partition coefficient (Wildman–Crippen LogP) is 0.0117. The summed E-state index contributed by atoms with van der Waals surface area (Å²) in [6.45, 7) is 2.17. The molecule has 4 rings (SSSR count). The molecule has 10 heteroatoms. The standard InChI is InChI=1S/C17H25N5O4S/c23-16(12-2-1-3-12)21-5-6-22-15(10-21)8-14(20-22)9-18-17(24)19-13-4-7-27(25,26)11-13/h8,12-13H,1-7,9-11H2,(H2,18,19,24). The average Bonchev–Trinajstić information content (AvgIpc) is 3.12. The summed E-state index contributed by atoms with van der Waals surface area (Å²) >= 11 is 0. The number of hydrogen-bond acceptors (Lipinski definition) is 5. The zero-order chi connectivity index (χ0) is 19.0. The van der Waals surface area contributed by atoms with E-state index in [-0.39, 0.29) is 41.9 Å². The van der Waals surface area contributed by atoms with Crippen molar-refractivity contribution in [1.29, 1.82) is 0 Å². The first kappa shape index (κ1) is 18.3. The molecule has 0 aromatic carbocycles. The highest BCUT2D eigenvalue weighted by Gasteiger charge is 2.32. The highest BCUT2D eigenvalue weighted by atomic mass is 32.2. The van der Waals surface area contributed by atoms with Crippen molar-refractivity contribution in [3.05, 3.63) is 17.5 Å². The number of rotatable bonds is 4. The van der Waals surface area contributed by atoms with Crippen LogP contribution in [0.5, 0.6) is 0 Å². The minimum absolute atomic E-state index is 0.00402. The van der Waals surface area contributed by atoms with Gasteiger partial charge in [0.25, 0.3) is 0 Å². The fraction of sp³-hybridized carbons (Fsp3) is 0.706. The van der Waals surface area contributed by atoms with Crippen molar-refractivity contribution in [2.45, 2.75) is 51.4 Å². The van der Waals surface area contributed by atoms with Gasteiger partial charge in [-0.25, -0.2) is 13.2 Å². The SMILES string of the molecule is O=C(NCc1cc2n(n1)CCN(C(=O)C1CCC1)C2)NC1CCS(=O)(=O)C1. The van der Waals surface area contributed by atoms with E-state index < -0.39 is 9.84 Å². The highest BCUT2D eigenvalue weighted by Crippen LogP contribution is 2.29. The van der Waals surface area contributed by atoms with E-state index in [1.54, 1.807) is 0 Å². The lowest BCUT2D eigenvalue weighted by atomic mass is 9.84. The van der Waals surface area contributed by atoms with Crippen LogP contribution in [0.1, 0.15) is 37.1 Å². The average molecular weight is 395 g/mol. The first-order valence-electron chi connectivity index (χ1n) is 9.49. The number of carbonyl (C=O) groups is 2. The highest BCUT2D eigenvalue weighted by molar-refractivity contribution is 7.91. The number of carbonyl (C=O) groups excluding carboxylic acids is 2. The summed E-state index contributed by atoms with van der Waals surface area (Å²) in [6, 6.07) is 1.21. The van der Waals surface area contributed by atoms with Crippen LogP contribution in [0.15, 0.2) is 6.07 Å². The number of aromatic nitrogens is 2. The molecule has 9 nitrogen and oxygen atoms in total. The molecule has 1 saturated heterocycles. The molecule has 2 aliphatic heterocycles. The number of nitrogens with one attached hydrogen (secondary N) is 2. The van der Waals surface area contributed by atoms with Crippen molar-refractivity contribution in [2.24, 2.45) is 5.92 Å². The van der Waals surface area contributed by atoms with Gasteiger partial charge in [0.2, 0.25) is 5.91 Å². The van der Waals surface area contributed by atoms with E-state index >= 15 is 0 Å². The van der Waals surface area contributed by atoms with Crippen LogP contribution < -0.4 is 10.6 Å². The van der Waals surface area contributed by atoms with Crippen LogP contribution in [-0.4, -0.2) is 59.1 Å². The first-order chi connectivity index (χ1) is 12.9. The van der Waals surface area contributed by atoms with Crippen molar-refractivity contribution in [3.63, 3.8) is 0 Å². The van der Waals surface area contributed by atoms with Gasteiger partial charge >= 0.3 is 6.03 Å². The van der Waals surface area contributed by atoms with Crippen LogP contribution >= 0.6 is 0 Å². The summed E-state index contributed by atoms with van der Waals surface area (Å²) in [7, 11) is -3.02. The van der Waals surface area contributed by atoms with Gasteiger partial charge in [-0.1, -0.05) is 6.42 Å². The maximum atomic E-state index is 12.4. The van der Waals surface area contributed by atoms with Crippen LogP contribution in [0, 0.1) is 5.92 Å². The van der Waals surface area contributed by atoms with Gasteiger partial charge in [-0.3, -0.25) is 9.48 Å². The lowest BCUT2D eigenvalue weighted by Crippen LogP contribution is -2.43. The summed E-state index contributed by atoms with van der Waals surface area (Å²) in [5, 5.41) is 9.92. The summed E-state index contributed by atoms with van der Waals surface area (Å²) in [6.07, 6.45) is 3.61. The van der Waals surface area contributed by atoms with E-state index in [0.29, 0.717) is 26.1 Å². The molecular formula is C17H25N5O4S. The maximum Gasteiger partial charge on any atom is 0.315 e. The zero-order valence-corrected chi connectivity index (χ0v) is 16.0. The number of urea groups is 1. The number of amides is 3. The van der Waals surface area contributed by atoms with Crippen molar-refractivity contribution < 1.29 is 18.0 Å². The van der Waals surface area contributed by atoms with Crippen molar-refractivity contribution in [1.82, 2.24) is 25.3 Å². The molecule has 1 atom stereocenters. The van der Waals surface area contributed by atoms with Crippen LogP contribution in [0.25, 0.3) is 0 Å². The maximum absolute atomic E-state index is 12.4. The number of sulfone groups is 1. The molecule has 0 bridgehead atoms. The smallest absolute Gasteiger partial charge is 0.315 e. The van der Waals surface area contributed by atoms with Gasteiger partial charge in [0.1, 0.15) is 0 Å². The second kappa shape index (κ2) is 7.14. The Morgan fingerprint density at radius 1 is 1.22 bits per heavy atom. The summed E-state index contributed by atoms with van der Waals surface area (Å²) in [4.78, 5) is 26.3. The molecule has 3 heterocycles. The molecule has 1 aromatic rings. The van der Waals surface area contributed by atoms with E-state index in [4.69, 9.17) is 0 Å². The Morgan fingerprint density at radius 2 is 2.04 bits per heavy atom. The van der Waals surface area contributed by atoms with E-state index in [1.807, 2.05) is 15.6 Å². The molecule has 1 unspecified atom stereocenters. The molecule has 3 amide bonds. The molecule has 1 saturated carbocycles. The molecule has 0 spiro atoms. The van der Waals surface area contributed by atoms with E-state index in [9.17, 15) is 18.0 Å². The van der Waals surface area contributed by atoms with Gasteiger partial charge in [-0.05, 0) is 25.3 Å². The van der Waals surface area contributed by atoms with Gasteiger partial charge in [0, 0.05) is 18.5 Å². The monoisotopic (exact) mass is 395 g/mol. The lowest BCUT2D eigenvalue weighted by molar-refractivity contribution is -0.139. The number of nitrogens with zero attached hydrogens (tertiary/aromatic N) is 3. The first-order valence-corrected chi connectivity index (χ1v) is 11.3. The molecule has 1 aliphatic carbocycles. The molecule has 0 radical (unpaired) electrons. The predicted molar refractivity (Wildman–Crippen MR) is 97.4 cm³/mol. The number of hydrogen-bond donors (Lipinski definition) is 2. The molecule has 2 fully saturated rings. The van der Waals surface area contributed by atoms with E-state index in [1.165, 1.54) is 0 Å². The minimum Gasteiger partial charge on any atom is -0.335 e. The van der Waals surface area contributed by atoms with Gasteiger partial charge in [-0.2, -0.15) is 5.10 Å². The third-order valence-corrected chi connectivity index (χ3v) is 7.38. The largest absolute Gasteiger partial charge is 0.335 e. The number of fused-ring (bicyclic) bond motifs is 1. The van der Waals surface area contributed by atoms with Crippen molar-refractivity contribution >= 4 is 21.8 Å². The lowest BCUT2D eigenvalue weighted by Gasteiger charge is -2.34. The van der Waals surface area contributed by atoms with Crippen LogP contribution in [-0.2, 0) is 34.3 Å². The van der Waals surface area contributed by atoms with Crippen LogP contribution in [0.3, 0.4) is 0 Å². The summed E-state index contributed by atoms with van der Waals surface area (Å²) < 4.78 is 24.8. The van der Waals surface area contributed by atoms with Gasteiger partial charge in [-0.15, -0.1) is 0 Å². The molecule has 2 N–H and O–H groups in total. The Balaban J connectivity index is 1.28. The molecule has 27 heavy (non-hydrogen) atoms.